The van der Waals surface area contributed by atoms with E-state index in [4.69, 9.17) is 5.11 Å². The van der Waals surface area contributed by atoms with E-state index in [0.29, 0.717) is 12.3 Å². The second-order valence-electron chi connectivity index (χ2n) is 6.44. The van der Waals surface area contributed by atoms with Crippen LogP contribution in [0, 0.1) is 17.8 Å². The van der Waals surface area contributed by atoms with Gasteiger partial charge in [0, 0.05) is 13.6 Å². The molecule has 0 saturated heterocycles. The summed E-state index contributed by atoms with van der Waals surface area (Å²) in [4.78, 5) is 24.8. The fraction of sp³-hybridized carbons (Fsp3) is 0.867. The molecule has 2 amide bonds. The Morgan fingerprint density at radius 2 is 2.10 bits per heavy atom. The number of aliphatic carboxylic acids is 1. The van der Waals surface area contributed by atoms with E-state index in [2.05, 4.69) is 5.32 Å². The molecular formula is C15H26N2O3. The third kappa shape index (κ3) is 3.44. The van der Waals surface area contributed by atoms with Gasteiger partial charge >= 0.3 is 12.0 Å². The number of carboxylic acids is 1. The summed E-state index contributed by atoms with van der Waals surface area (Å²) < 4.78 is 0. The lowest BCUT2D eigenvalue weighted by Crippen LogP contribution is -2.48. The average molecular weight is 282 g/mol. The fourth-order valence-electron chi connectivity index (χ4n) is 3.84. The molecule has 114 valence electrons. The SMILES string of the molecule is CCC[C@@H](NC(=O)N(C)CC1CC2CCC1C2)C(=O)O. The van der Waals surface area contributed by atoms with Crippen molar-refractivity contribution in [1.82, 2.24) is 10.2 Å². The molecule has 0 heterocycles. The zero-order valence-corrected chi connectivity index (χ0v) is 12.5. The van der Waals surface area contributed by atoms with Gasteiger partial charge in [0.25, 0.3) is 0 Å². The van der Waals surface area contributed by atoms with Gasteiger partial charge in [0.2, 0.25) is 0 Å². The summed E-state index contributed by atoms with van der Waals surface area (Å²) in [5.41, 5.74) is 0. The second kappa shape index (κ2) is 6.46. The fourth-order valence-corrected chi connectivity index (χ4v) is 3.84. The van der Waals surface area contributed by atoms with Crippen LogP contribution in [0.1, 0.15) is 45.4 Å². The first-order chi connectivity index (χ1) is 9.51. The van der Waals surface area contributed by atoms with Gasteiger partial charge in [-0.3, -0.25) is 0 Å². The molecule has 3 unspecified atom stereocenters. The van der Waals surface area contributed by atoms with Crippen molar-refractivity contribution in [2.45, 2.75) is 51.5 Å². The Kier molecular flexibility index (Phi) is 4.89. The molecule has 2 saturated carbocycles. The minimum Gasteiger partial charge on any atom is -0.480 e. The highest BCUT2D eigenvalue weighted by atomic mass is 16.4. The number of hydrogen-bond acceptors (Lipinski definition) is 2. The zero-order valence-electron chi connectivity index (χ0n) is 12.5. The van der Waals surface area contributed by atoms with Crippen molar-refractivity contribution in [3.8, 4) is 0 Å². The van der Waals surface area contributed by atoms with Gasteiger partial charge in [-0.05, 0) is 43.4 Å². The van der Waals surface area contributed by atoms with E-state index < -0.39 is 12.0 Å². The Morgan fingerprint density at radius 3 is 2.60 bits per heavy atom. The minimum absolute atomic E-state index is 0.256. The van der Waals surface area contributed by atoms with Crippen LogP contribution in [0.25, 0.3) is 0 Å². The van der Waals surface area contributed by atoms with E-state index in [-0.39, 0.29) is 6.03 Å². The Bertz CT molecular complexity index is 372. The van der Waals surface area contributed by atoms with Gasteiger partial charge in [-0.25, -0.2) is 9.59 Å². The molecule has 0 aromatic carbocycles. The van der Waals surface area contributed by atoms with Crippen molar-refractivity contribution in [2.24, 2.45) is 17.8 Å². The van der Waals surface area contributed by atoms with E-state index in [1.165, 1.54) is 25.7 Å². The third-order valence-electron chi connectivity index (χ3n) is 4.91. The lowest BCUT2D eigenvalue weighted by atomic mass is 9.88. The standard InChI is InChI=1S/C15H26N2O3/c1-3-4-13(14(18)19)16-15(20)17(2)9-12-8-10-5-6-11(12)7-10/h10-13H,3-9H2,1-2H3,(H,16,20)(H,18,19)/t10?,11?,12?,13-/m1/s1. The quantitative estimate of drug-likeness (QED) is 0.785. The lowest BCUT2D eigenvalue weighted by molar-refractivity contribution is -0.139. The number of urea groups is 1. The molecule has 5 heteroatoms. The molecule has 0 aliphatic heterocycles. The van der Waals surface area contributed by atoms with Crippen molar-refractivity contribution in [1.29, 1.82) is 0 Å². The highest BCUT2D eigenvalue weighted by Crippen LogP contribution is 2.48. The molecule has 2 aliphatic rings. The summed E-state index contributed by atoms with van der Waals surface area (Å²) in [5, 5.41) is 11.7. The topological polar surface area (TPSA) is 69.6 Å². The van der Waals surface area contributed by atoms with Crippen LogP contribution in [0.2, 0.25) is 0 Å². The van der Waals surface area contributed by atoms with Gasteiger partial charge < -0.3 is 15.3 Å². The molecule has 5 nitrogen and oxygen atoms in total. The number of nitrogens with zero attached hydrogens (tertiary/aromatic N) is 1. The minimum atomic E-state index is -0.950. The number of hydrogen-bond donors (Lipinski definition) is 2. The van der Waals surface area contributed by atoms with E-state index in [1.54, 1.807) is 11.9 Å². The summed E-state index contributed by atoms with van der Waals surface area (Å²) in [6.07, 6.45) is 6.44. The smallest absolute Gasteiger partial charge is 0.326 e. The Morgan fingerprint density at radius 1 is 1.35 bits per heavy atom. The van der Waals surface area contributed by atoms with Crippen LogP contribution >= 0.6 is 0 Å². The van der Waals surface area contributed by atoms with Crippen LogP contribution < -0.4 is 5.32 Å². The van der Waals surface area contributed by atoms with Gasteiger partial charge in [0.15, 0.2) is 0 Å². The summed E-state index contributed by atoms with van der Waals surface area (Å²) >= 11 is 0. The van der Waals surface area contributed by atoms with E-state index in [9.17, 15) is 9.59 Å². The molecule has 2 fully saturated rings. The lowest BCUT2D eigenvalue weighted by Gasteiger charge is -2.28. The molecule has 2 aliphatic carbocycles. The average Bonchev–Trinajstić information content (AvgIpc) is 3.00. The summed E-state index contributed by atoms with van der Waals surface area (Å²) in [7, 11) is 1.77. The molecule has 2 bridgehead atoms. The van der Waals surface area contributed by atoms with Gasteiger partial charge in [-0.1, -0.05) is 19.8 Å². The van der Waals surface area contributed by atoms with Crippen molar-refractivity contribution in [2.75, 3.05) is 13.6 Å². The summed E-state index contributed by atoms with van der Waals surface area (Å²) in [6.45, 7) is 2.67. The van der Waals surface area contributed by atoms with Crippen LogP contribution in [0.4, 0.5) is 4.79 Å². The maximum absolute atomic E-state index is 12.1. The van der Waals surface area contributed by atoms with Crippen molar-refractivity contribution in [3.05, 3.63) is 0 Å². The van der Waals surface area contributed by atoms with Crippen LogP contribution in [0.15, 0.2) is 0 Å². The molecular weight excluding hydrogens is 256 g/mol. The van der Waals surface area contributed by atoms with Gasteiger partial charge in [0.05, 0.1) is 0 Å². The highest BCUT2D eigenvalue weighted by molar-refractivity contribution is 5.82. The monoisotopic (exact) mass is 282 g/mol. The van der Waals surface area contributed by atoms with Crippen LogP contribution in [0.3, 0.4) is 0 Å². The molecule has 4 atom stereocenters. The zero-order chi connectivity index (χ0) is 14.7. The maximum atomic E-state index is 12.1. The molecule has 0 aromatic rings. The van der Waals surface area contributed by atoms with Crippen LogP contribution in [0.5, 0.6) is 0 Å². The Labute approximate surface area is 120 Å². The number of rotatable bonds is 6. The number of nitrogens with one attached hydrogen (secondary N) is 1. The van der Waals surface area contributed by atoms with Crippen molar-refractivity contribution >= 4 is 12.0 Å². The molecule has 0 radical (unpaired) electrons. The first-order valence-electron chi connectivity index (χ1n) is 7.75. The molecule has 20 heavy (non-hydrogen) atoms. The predicted octanol–water partition coefficient (Wildman–Crippen LogP) is 2.32. The predicted molar refractivity (Wildman–Crippen MR) is 76.4 cm³/mol. The first-order valence-corrected chi connectivity index (χ1v) is 7.75. The largest absolute Gasteiger partial charge is 0.480 e. The van der Waals surface area contributed by atoms with Gasteiger partial charge in [0.1, 0.15) is 6.04 Å². The normalized spacial score (nSPS) is 29.2. The third-order valence-corrected chi connectivity index (χ3v) is 4.91. The molecule has 2 N–H and O–H groups in total. The maximum Gasteiger partial charge on any atom is 0.326 e. The van der Waals surface area contributed by atoms with E-state index >= 15 is 0 Å². The first kappa shape index (κ1) is 15.1. The van der Waals surface area contributed by atoms with E-state index in [0.717, 1.165) is 24.8 Å². The molecule has 2 rings (SSSR count). The van der Waals surface area contributed by atoms with E-state index in [1.807, 2.05) is 6.92 Å². The molecule has 0 spiro atoms. The number of carboxylic acid groups (broad SMARTS) is 1. The summed E-state index contributed by atoms with van der Waals surface area (Å²) in [5.74, 6) is 1.31. The van der Waals surface area contributed by atoms with Gasteiger partial charge in [-0.15, -0.1) is 0 Å². The van der Waals surface area contributed by atoms with Gasteiger partial charge in [-0.2, -0.15) is 0 Å². The van der Waals surface area contributed by atoms with Crippen LogP contribution in [-0.2, 0) is 4.79 Å². The van der Waals surface area contributed by atoms with Crippen molar-refractivity contribution in [3.63, 3.8) is 0 Å². The second-order valence-corrected chi connectivity index (χ2v) is 6.44. The van der Waals surface area contributed by atoms with Crippen molar-refractivity contribution < 1.29 is 14.7 Å². The number of fused-ring (bicyclic) bond motifs is 2. The van der Waals surface area contributed by atoms with Crippen LogP contribution in [-0.4, -0.2) is 41.6 Å². The Hall–Kier alpha value is -1.26. The number of carbonyl (C=O) groups is 2. The molecule has 0 aromatic heterocycles. The Balaban J connectivity index is 1.80. The number of amides is 2. The summed E-state index contributed by atoms with van der Waals surface area (Å²) in [6, 6.07) is -1.02. The number of carbonyl (C=O) groups excluding carboxylic acids is 1. The highest BCUT2D eigenvalue weighted by Gasteiger charge is 2.40.